The van der Waals surface area contributed by atoms with Crippen molar-refractivity contribution in [3.63, 3.8) is 0 Å². The molecule has 0 bridgehead atoms. The summed E-state index contributed by atoms with van der Waals surface area (Å²) in [5.41, 5.74) is 0. The molecule has 0 radical (unpaired) electrons. The highest BCUT2D eigenvalue weighted by molar-refractivity contribution is 5.76. The first kappa shape index (κ1) is 65.4. The van der Waals surface area contributed by atoms with Gasteiger partial charge >= 0.3 is 11.9 Å². The fourth-order valence-electron chi connectivity index (χ4n) is 9.94. The van der Waals surface area contributed by atoms with Gasteiger partial charge in [-0.05, 0) is 77.8 Å². The van der Waals surface area contributed by atoms with Crippen molar-refractivity contribution in [2.75, 3.05) is 33.4 Å². The summed E-state index contributed by atoms with van der Waals surface area (Å²) >= 11 is 0. The van der Waals surface area contributed by atoms with Crippen LogP contribution in [-0.2, 0) is 23.9 Å². The zero-order valence-corrected chi connectivity index (χ0v) is 46.2. The molecule has 0 aliphatic carbocycles. The zero-order valence-electron chi connectivity index (χ0n) is 46.2. The predicted octanol–water partition coefficient (Wildman–Crippen LogP) is 18.0. The molecule has 0 aromatic carbocycles. The summed E-state index contributed by atoms with van der Waals surface area (Å²) in [4.78, 5) is 42.2. The van der Waals surface area contributed by atoms with Gasteiger partial charge in [0, 0.05) is 19.0 Å². The Kier molecular flexibility index (Phi) is 50.9. The van der Waals surface area contributed by atoms with Gasteiger partial charge in [-0.15, -0.1) is 0 Å². The molecule has 0 aromatic heterocycles. The monoisotopic (exact) mass is 947 g/mol. The average Bonchev–Trinajstić information content (AvgIpc) is 3.33. The van der Waals surface area contributed by atoms with Crippen LogP contribution in [-0.4, -0.2) is 62.1 Å². The number of nitrogens with zero attached hydrogens (tertiary/aromatic N) is 1. The fourth-order valence-corrected chi connectivity index (χ4v) is 9.94. The van der Waals surface area contributed by atoms with Crippen molar-refractivity contribution in [1.82, 2.24) is 10.2 Å². The van der Waals surface area contributed by atoms with E-state index >= 15 is 0 Å². The smallest absolute Gasteiger partial charge is 0.308 e. The Hall–Kier alpha value is -1.63. The Morgan fingerprint density at radius 1 is 0.373 bits per heavy atom. The minimum Gasteiger partial charge on any atom is -0.465 e. The molecule has 0 spiro atoms. The quantitative estimate of drug-likeness (QED) is 0.0483. The predicted molar refractivity (Wildman–Crippen MR) is 290 cm³/mol. The van der Waals surface area contributed by atoms with Gasteiger partial charge in [-0.1, -0.05) is 247 Å². The molecule has 398 valence electrons. The minimum absolute atomic E-state index is 0.0592. The molecular weight excluding hydrogens is 829 g/mol. The number of rotatable bonds is 54. The number of ether oxygens (including phenoxy) is 2. The zero-order chi connectivity index (χ0) is 49.1. The largest absolute Gasteiger partial charge is 0.465 e. The molecular formula is C60H118N2O5. The molecule has 0 saturated heterocycles. The summed E-state index contributed by atoms with van der Waals surface area (Å²) in [6, 6.07) is 0.345. The maximum absolute atomic E-state index is 13.9. The van der Waals surface area contributed by atoms with E-state index in [0.717, 1.165) is 116 Å². The van der Waals surface area contributed by atoms with E-state index in [2.05, 4.69) is 44.8 Å². The fraction of sp³-hybridized carbons (Fsp3) is 0.950. The molecule has 0 rings (SSSR count). The van der Waals surface area contributed by atoms with Crippen LogP contribution in [0.5, 0.6) is 0 Å². The van der Waals surface area contributed by atoms with Gasteiger partial charge in [0.25, 0.3) is 0 Å². The highest BCUT2D eigenvalue weighted by atomic mass is 16.5. The molecule has 0 aliphatic rings. The highest BCUT2D eigenvalue weighted by Crippen LogP contribution is 2.24. The molecule has 0 fully saturated rings. The summed E-state index contributed by atoms with van der Waals surface area (Å²) in [5, 5.41) is 3.32. The van der Waals surface area contributed by atoms with E-state index in [0.29, 0.717) is 31.6 Å². The summed E-state index contributed by atoms with van der Waals surface area (Å²) in [6.07, 6.45) is 51.1. The van der Waals surface area contributed by atoms with Crippen molar-refractivity contribution in [3.05, 3.63) is 0 Å². The number of nitrogens with one attached hydrogen (secondary N) is 1. The van der Waals surface area contributed by atoms with E-state index in [1.807, 2.05) is 7.05 Å². The van der Waals surface area contributed by atoms with E-state index in [1.54, 1.807) is 0 Å². The molecule has 0 heterocycles. The van der Waals surface area contributed by atoms with Crippen molar-refractivity contribution in [2.45, 2.75) is 323 Å². The second kappa shape index (κ2) is 52.2. The maximum atomic E-state index is 13.9. The summed E-state index contributed by atoms with van der Waals surface area (Å²) < 4.78 is 11.7. The lowest BCUT2D eigenvalue weighted by atomic mass is 9.94. The summed E-state index contributed by atoms with van der Waals surface area (Å²) in [6.45, 7) is 14.2. The second-order valence-electron chi connectivity index (χ2n) is 20.9. The van der Waals surface area contributed by atoms with Crippen LogP contribution < -0.4 is 5.32 Å². The maximum Gasteiger partial charge on any atom is 0.308 e. The number of hydrogen-bond donors (Lipinski definition) is 1. The number of unbranched alkanes of at least 4 members (excludes halogenated alkanes) is 29. The number of amides is 1. The lowest BCUT2D eigenvalue weighted by Crippen LogP contribution is -2.41. The Morgan fingerprint density at radius 2 is 0.672 bits per heavy atom. The van der Waals surface area contributed by atoms with E-state index in [9.17, 15) is 14.4 Å². The Labute approximate surface area is 418 Å². The number of esters is 2. The third-order valence-corrected chi connectivity index (χ3v) is 14.5. The molecule has 0 unspecified atom stereocenters. The van der Waals surface area contributed by atoms with Crippen LogP contribution in [0.15, 0.2) is 0 Å². The number of carbonyl (C=O) groups is 3. The third-order valence-electron chi connectivity index (χ3n) is 14.5. The van der Waals surface area contributed by atoms with Crippen molar-refractivity contribution >= 4 is 17.8 Å². The van der Waals surface area contributed by atoms with Gasteiger partial charge in [-0.2, -0.15) is 0 Å². The number of hydrogen-bond acceptors (Lipinski definition) is 6. The van der Waals surface area contributed by atoms with E-state index in [-0.39, 0.29) is 23.8 Å². The summed E-state index contributed by atoms with van der Waals surface area (Å²) in [7, 11) is 2.02. The molecule has 67 heavy (non-hydrogen) atoms. The van der Waals surface area contributed by atoms with E-state index in [1.165, 1.54) is 173 Å². The van der Waals surface area contributed by atoms with Crippen LogP contribution >= 0.6 is 0 Å². The van der Waals surface area contributed by atoms with Gasteiger partial charge in [-0.25, -0.2) is 0 Å². The molecule has 7 nitrogen and oxygen atoms in total. The van der Waals surface area contributed by atoms with Gasteiger partial charge in [0.05, 0.1) is 25.0 Å². The van der Waals surface area contributed by atoms with E-state index in [4.69, 9.17) is 9.47 Å². The topological polar surface area (TPSA) is 84.9 Å². The Balaban J connectivity index is 4.90. The Morgan fingerprint density at radius 3 is 1.03 bits per heavy atom. The van der Waals surface area contributed by atoms with Crippen molar-refractivity contribution in [3.8, 4) is 0 Å². The van der Waals surface area contributed by atoms with Crippen LogP contribution in [0, 0.1) is 11.8 Å². The first-order valence-corrected chi connectivity index (χ1v) is 30.2. The van der Waals surface area contributed by atoms with Gasteiger partial charge in [0.2, 0.25) is 5.91 Å². The van der Waals surface area contributed by atoms with Gasteiger partial charge < -0.3 is 19.7 Å². The normalized spacial score (nSPS) is 11.7. The average molecular weight is 948 g/mol. The molecule has 0 aliphatic heterocycles. The van der Waals surface area contributed by atoms with Gasteiger partial charge in [0.15, 0.2) is 0 Å². The van der Waals surface area contributed by atoms with E-state index < -0.39 is 0 Å². The summed E-state index contributed by atoms with van der Waals surface area (Å²) in [5.74, 6) is 0.691. The van der Waals surface area contributed by atoms with Crippen LogP contribution in [0.2, 0.25) is 0 Å². The minimum atomic E-state index is 0.0592. The lowest BCUT2D eigenvalue weighted by Gasteiger charge is -2.33. The first-order valence-electron chi connectivity index (χ1n) is 30.2. The third kappa shape index (κ3) is 41.8. The molecule has 0 atom stereocenters. The highest BCUT2D eigenvalue weighted by Gasteiger charge is 2.23. The van der Waals surface area contributed by atoms with Crippen LogP contribution in [0.25, 0.3) is 0 Å². The SMILES string of the molecule is CCCCCCCCC(=O)N(CCCNC)C(CCCCCCCCCOC(=O)C(CCCCCC)CCCCCC)CCCCCCCCCOC(=O)C(CCCCCC)CCCCCC. The first-order chi connectivity index (χ1) is 32.9. The number of carbonyl (C=O) groups excluding carboxylic acids is 3. The molecule has 7 heteroatoms. The second-order valence-corrected chi connectivity index (χ2v) is 20.9. The van der Waals surface area contributed by atoms with Gasteiger partial charge in [0.1, 0.15) is 0 Å². The molecule has 0 aromatic rings. The van der Waals surface area contributed by atoms with Crippen LogP contribution in [0.3, 0.4) is 0 Å². The van der Waals surface area contributed by atoms with Crippen LogP contribution in [0.4, 0.5) is 0 Å². The van der Waals surface area contributed by atoms with Crippen LogP contribution in [0.1, 0.15) is 317 Å². The standard InChI is InChI=1S/C60H118N2O5/c1-7-12-17-22-31-40-50-58(63)62(52-43-51-61-6)57(48-38-29-25-23-27-32-41-53-66-59(64)55(44-34-18-13-8-2)45-35-19-14-9-3)49-39-30-26-24-28-33-42-54-67-60(65)56(46-36-20-15-10-4)47-37-21-16-11-5/h55-57,61H,7-54H2,1-6H3. The Bertz CT molecular complexity index is 969. The molecule has 0 saturated carbocycles. The lowest BCUT2D eigenvalue weighted by molar-refractivity contribution is -0.150. The van der Waals surface area contributed by atoms with Gasteiger partial charge in [-0.3, -0.25) is 14.4 Å². The van der Waals surface area contributed by atoms with Crippen molar-refractivity contribution in [2.24, 2.45) is 11.8 Å². The molecule has 1 N–H and O–H groups in total. The van der Waals surface area contributed by atoms with Crippen molar-refractivity contribution < 1.29 is 23.9 Å². The van der Waals surface area contributed by atoms with Crippen molar-refractivity contribution in [1.29, 1.82) is 0 Å². The molecule has 1 amide bonds.